The topological polar surface area (TPSA) is 12.0 Å². The summed E-state index contributed by atoms with van der Waals surface area (Å²) in [5.74, 6) is 0. The summed E-state index contributed by atoms with van der Waals surface area (Å²) in [6.07, 6.45) is 0. The van der Waals surface area contributed by atoms with Gasteiger partial charge in [-0.1, -0.05) is 53.0 Å². The van der Waals surface area contributed by atoms with Gasteiger partial charge in [-0.3, -0.25) is 0 Å². The van der Waals surface area contributed by atoms with E-state index in [-0.39, 0.29) is 0 Å². The van der Waals surface area contributed by atoms with Crippen molar-refractivity contribution in [2.75, 3.05) is 5.32 Å². The zero-order valence-electron chi connectivity index (χ0n) is 9.81. The van der Waals surface area contributed by atoms with Crippen LogP contribution in [0.2, 0.25) is 15.1 Å². The lowest BCUT2D eigenvalue weighted by atomic mass is 10.1. The number of hydrogen-bond donors (Lipinski definition) is 1. The van der Waals surface area contributed by atoms with Gasteiger partial charge in [0.25, 0.3) is 0 Å². The Morgan fingerprint density at radius 2 is 1.83 bits per heavy atom. The summed E-state index contributed by atoms with van der Waals surface area (Å²) < 4.78 is 0. The molecule has 0 spiro atoms. The van der Waals surface area contributed by atoms with Gasteiger partial charge in [0.05, 0.1) is 10.0 Å². The monoisotopic (exact) mass is 299 g/mol. The van der Waals surface area contributed by atoms with Gasteiger partial charge in [-0.05, 0) is 36.2 Å². The van der Waals surface area contributed by atoms with Gasteiger partial charge >= 0.3 is 0 Å². The number of hydrogen-bond acceptors (Lipinski definition) is 1. The molecule has 1 nitrogen and oxygen atoms in total. The van der Waals surface area contributed by atoms with Gasteiger partial charge in [-0.15, -0.1) is 0 Å². The van der Waals surface area contributed by atoms with E-state index in [0.717, 1.165) is 16.8 Å². The van der Waals surface area contributed by atoms with Crippen LogP contribution < -0.4 is 5.32 Å². The van der Waals surface area contributed by atoms with Gasteiger partial charge < -0.3 is 5.32 Å². The summed E-state index contributed by atoms with van der Waals surface area (Å²) in [4.78, 5) is 0. The maximum atomic E-state index is 6.13. The minimum absolute atomic E-state index is 0.568. The van der Waals surface area contributed by atoms with E-state index in [1.54, 1.807) is 6.07 Å². The third-order valence-electron chi connectivity index (χ3n) is 2.70. The Bertz CT molecular complexity index is 565. The quantitative estimate of drug-likeness (QED) is 0.781. The standard InChI is InChI=1S/C14H12Cl3N/c1-9-5-6-11(15)7-13(9)18-8-10-3-2-4-12(16)14(10)17/h2-7,18H,8H2,1H3. The molecule has 0 radical (unpaired) electrons. The molecule has 1 N–H and O–H groups in total. The maximum Gasteiger partial charge on any atom is 0.0642 e. The number of halogens is 3. The van der Waals surface area contributed by atoms with E-state index in [0.29, 0.717) is 21.6 Å². The Labute approximate surface area is 122 Å². The molecule has 0 aromatic heterocycles. The molecule has 0 aliphatic rings. The molecule has 0 bridgehead atoms. The Morgan fingerprint density at radius 1 is 1.06 bits per heavy atom. The highest BCUT2D eigenvalue weighted by molar-refractivity contribution is 6.42. The van der Waals surface area contributed by atoms with E-state index >= 15 is 0 Å². The van der Waals surface area contributed by atoms with E-state index in [2.05, 4.69) is 5.32 Å². The highest BCUT2D eigenvalue weighted by Crippen LogP contribution is 2.27. The second-order valence-corrected chi connectivity index (χ2v) is 5.25. The third-order valence-corrected chi connectivity index (χ3v) is 3.79. The second-order valence-electron chi connectivity index (χ2n) is 4.03. The molecule has 0 fully saturated rings. The Balaban J connectivity index is 2.16. The average molecular weight is 301 g/mol. The SMILES string of the molecule is Cc1ccc(Cl)cc1NCc1cccc(Cl)c1Cl. The average Bonchev–Trinajstić information content (AvgIpc) is 2.35. The molecule has 2 aromatic carbocycles. The molecule has 0 atom stereocenters. The lowest BCUT2D eigenvalue weighted by molar-refractivity contribution is 1.14. The van der Waals surface area contributed by atoms with Gasteiger partial charge in [-0.2, -0.15) is 0 Å². The van der Waals surface area contributed by atoms with Crippen LogP contribution in [0.5, 0.6) is 0 Å². The Hall–Kier alpha value is -0.890. The summed E-state index contributed by atoms with van der Waals surface area (Å²) in [5, 5.41) is 5.18. The molecule has 0 aliphatic carbocycles. The first-order valence-electron chi connectivity index (χ1n) is 5.51. The van der Waals surface area contributed by atoms with Crippen LogP contribution in [0.15, 0.2) is 36.4 Å². The van der Waals surface area contributed by atoms with Gasteiger partial charge in [-0.25, -0.2) is 0 Å². The smallest absolute Gasteiger partial charge is 0.0642 e. The van der Waals surface area contributed by atoms with E-state index in [4.69, 9.17) is 34.8 Å². The molecule has 2 rings (SSSR count). The van der Waals surface area contributed by atoms with Crippen LogP contribution in [0.25, 0.3) is 0 Å². The van der Waals surface area contributed by atoms with Crippen LogP contribution >= 0.6 is 34.8 Å². The molecule has 0 heterocycles. The fourth-order valence-corrected chi connectivity index (χ4v) is 2.22. The van der Waals surface area contributed by atoms with Crippen molar-refractivity contribution in [2.24, 2.45) is 0 Å². The second kappa shape index (κ2) is 5.83. The van der Waals surface area contributed by atoms with E-state index in [9.17, 15) is 0 Å². The van der Waals surface area contributed by atoms with Gasteiger partial charge in [0.2, 0.25) is 0 Å². The number of aryl methyl sites for hydroxylation is 1. The molecule has 0 saturated heterocycles. The summed E-state index contributed by atoms with van der Waals surface area (Å²) in [6.45, 7) is 2.64. The summed E-state index contributed by atoms with van der Waals surface area (Å²) in [5.41, 5.74) is 3.10. The first kappa shape index (κ1) is 13.5. The van der Waals surface area contributed by atoms with E-state index in [1.807, 2.05) is 37.3 Å². The highest BCUT2D eigenvalue weighted by atomic mass is 35.5. The Kier molecular flexibility index (Phi) is 4.39. The van der Waals surface area contributed by atoms with Crippen molar-refractivity contribution in [3.63, 3.8) is 0 Å². The fraction of sp³-hybridized carbons (Fsp3) is 0.143. The van der Waals surface area contributed by atoms with Crippen LogP contribution in [-0.4, -0.2) is 0 Å². The lowest BCUT2D eigenvalue weighted by Gasteiger charge is -2.11. The number of nitrogens with one attached hydrogen (secondary N) is 1. The van der Waals surface area contributed by atoms with Crippen molar-refractivity contribution in [1.82, 2.24) is 0 Å². The largest absolute Gasteiger partial charge is 0.381 e. The van der Waals surface area contributed by atoms with Gasteiger partial charge in [0.15, 0.2) is 0 Å². The van der Waals surface area contributed by atoms with Crippen LogP contribution in [0.1, 0.15) is 11.1 Å². The van der Waals surface area contributed by atoms with Crippen LogP contribution in [0.4, 0.5) is 5.69 Å². The van der Waals surface area contributed by atoms with Crippen LogP contribution in [-0.2, 0) is 6.54 Å². The van der Waals surface area contributed by atoms with Gasteiger partial charge in [0, 0.05) is 17.3 Å². The summed E-state index contributed by atoms with van der Waals surface area (Å²) in [6, 6.07) is 11.4. The highest BCUT2D eigenvalue weighted by Gasteiger charge is 2.05. The zero-order valence-corrected chi connectivity index (χ0v) is 12.1. The molecular weight excluding hydrogens is 289 g/mol. The summed E-state index contributed by atoms with van der Waals surface area (Å²) >= 11 is 18.1. The maximum absolute atomic E-state index is 6.13. The normalized spacial score (nSPS) is 10.4. The molecule has 0 saturated carbocycles. The lowest BCUT2D eigenvalue weighted by Crippen LogP contribution is -2.01. The van der Waals surface area contributed by atoms with Crippen molar-refractivity contribution in [2.45, 2.75) is 13.5 Å². The molecule has 0 amide bonds. The van der Waals surface area contributed by atoms with E-state index < -0.39 is 0 Å². The predicted molar refractivity (Wildman–Crippen MR) is 80.0 cm³/mol. The number of rotatable bonds is 3. The van der Waals surface area contributed by atoms with Crippen molar-refractivity contribution >= 4 is 40.5 Å². The van der Waals surface area contributed by atoms with Crippen molar-refractivity contribution in [1.29, 1.82) is 0 Å². The van der Waals surface area contributed by atoms with Crippen molar-refractivity contribution in [3.8, 4) is 0 Å². The molecule has 94 valence electrons. The molecule has 18 heavy (non-hydrogen) atoms. The Morgan fingerprint density at radius 3 is 2.61 bits per heavy atom. The molecule has 0 aliphatic heterocycles. The summed E-state index contributed by atoms with van der Waals surface area (Å²) in [7, 11) is 0. The number of benzene rings is 2. The molecular formula is C14H12Cl3N. The third kappa shape index (κ3) is 3.11. The first-order chi connectivity index (χ1) is 8.58. The predicted octanol–water partition coefficient (Wildman–Crippen LogP) is 5.57. The first-order valence-corrected chi connectivity index (χ1v) is 6.64. The fourth-order valence-electron chi connectivity index (χ4n) is 1.66. The minimum Gasteiger partial charge on any atom is -0.381 e. The van der Waals surface area contributed by atoms with Crippen molar-refractivity contribution < 1.29 is 0 Å². The minimum atomic E-state index is 0.568. The molecule has 4 heteroatoms. The zero-order chi connectivity index (χ0) is 13.1. The molecule has 0 unspecified atom stereocenters. The number of anilines is 1. The van der Waals surface area contributed by atoms with Crippen molar-refractivity contribution in [3.05, 3.63) is 62.6 Å². The van der Waals surface area contributed by atoms with Crippen LogP contribution in [0, 0.1) is 6.92 Å². The van der Waals surface area contributed by atoms with Crippen LogP contribution in [0.3, 0.4) is 0 Å². The van der Waals surface area contributed by atoms with Gasteiger partial charge in [0.1, 0.15) is 0 Å². The molecule has 2 aromatic rings. The van der Waals surface area contributed by atoms with E-state index in [1.165, 1.54) is 0 Å².